The molecule has 7 heteroatoms. The molecule has 2 aromatic carbocycles. The Labute approximate surface area is 155 Å². The van der Waals surface area contributed by atoms with Crippen LogP contribution in [-0.2, 0) is 5.75 Å². The zero-order valence-corrected chi connectivity index (χ0v) is 15.2. The molecule has 0 heterocycles. The zero-order valence-electron chi connectivity index (χ0n) is 12.8. The van der Waals surface area contributed by atoms with Crippen molar-refractivity contribution in [2.45, 2.75) is 12.2 Å². The molecule has 0 atom stereocenters. The Kier molecular flexibility index (Phi) is 7.75. The van der Waals surface area contributed by atoms with Gasteiger partial charge in [-0.25, -0.2) is 8.78 Å². The molecule has 128 valence electrons. The second kappa shape index (κ2) is 9.81. The minimum atomic E-state index is -0.904. The second-order valence-electron chi connectivity index (χ2n) is 5.01. The first-order chi connectivity index (χ1) is 11.6. The Bertz CT molecular complexity index is 698. The average molecular weight is 387 g/mol. The molecule has 2 rings (SSSR count). The predicted octanol–water partition coefficient (Wildman–Crippen LogP) is 5.23. The van der Waals surface area contributed by atoms with Gasteiger partial charge in [0.25, 0.3) is 0 Å². The Morgan fingerprint density at radius 2 is 1.92 bits per heavy atom. The maximum atomic E-state index is 13.1. The Morgan fingerprint density at radius 1 is 1.12 bits per heavy atom. The van der Waals surface area contributed by atoms with Gasteiger partial charge in [0, 0.05) is 29.1 Å². The van der Waals surface area contributed by atoms with Crippen LogP contribution < -0.4 is 10.6 Å². The van der Waals surface area contributed by atoms with E-state index in [-0.39, 0.29) is 0 Å². The van der Waals surface area contributed by atoms with E-state index in [1.165, 1.54) is 6.07 Å². The van der Waals surface area contributed by atoms with Gasteiger partial charge in [-0.15, -0.1) is 0 Å². The number of anilines is 1. The number of rotatable bonds is 7. The molecule has 24 heavy (non-hydrogen) atoms. The van der Waals surface area contributed by atoms with E-state index in [2.05, 4.69) is 10.6 Å². The lowest BCUT2D eigenvalue weighted by Gasteiger charge is -2.10. The maximum Gasteiger partial charge on any atom is 0.170 e. The van der Waals surface area contributed by atoms with E-state index in [0.717, 1.165) is 40.6 Å². The van der Waals surface area contributed by atoms with E-state index in [0.29, 0.717) is 17.3 Å². The van der Waals surface area contributed by atoms with Crippen LogP contribution in [0.1, 0.15) is 12.0 Å². The number of thiocarbonyl (C=S) groups is 1. The van der Waals surface area contributed by atoms with Gasteiger partial charge in [0.05, 0.1) is 0 Å². The highest BCUT2D eigenvalue weighted by Crippen LogP contribution is 2.20. The molecule has 0 aromatic heterocycles. The lowest BCUT2D eigenvalue weighted by molar-refractivity contribution is 0.509. The van der Waals surface area contributed by atoms with Crippen LogP contribution in [0.3, 0.4) is 0 Å². The van der Waals surface area contributed by atoms with Crippen molar-refractivity contribution in [3.8, 4) is 0 Å². The molecule has 0 aliphatic heterocycles. The zero-order chi connectivity index (χ0) is 17.4. The van der Waals surface area contributed by atoms with Gasteiger partial charge >= 0.3 is 0 Å². The van der Waals surface area contributed by atoms with Gasteiger partial charge in [-0.2, -0.15) is 11.8 Å². The lowest BCUT2D eigenvalue weighted by atomic mass is 10.2. The van der Waals surface area contributed by atoms with Crippen LogP contribution in [0, 0.1) is 11.6 Å². The van der Waals surface area contributed by atoms with Crippen LogP contribution >= 0.6 is 35.6 Å². The molecule has 0 spiro atoms. The van der Waals surface area contributed by atoms with Crippen molar-refractivity contribution in [2.24, 2.45) is 0 Å². The number of benzene rings is 2. The minimum Gasteiger partial charge on any atom is -0.362 e. The van der Waals surface area contributed by atoms with E-state index < -0.39 is 11.6 Å². The number of thioether (sulfide) groups is 1. The first kappa shape index (κ1) is 19.0. The summed E-state index contributed by atoms with van der Waals surface area (Å²) in [7, 11) is 0. The monoisotopic (exact) mass is 386 g/mol. The molecule has 0 aliphatic rings. The third-order valence-corrected chi connectivity index (χ3v) is 4.85. The van der Waals surface area contributed by atoms with Crippen molar-refractivity contribution in [1.82, 2.24) is 5.32 Å². The molecular weight excluding hydrogens is 370 g/mol. The number of hydrogen-bond donors (Lipinski definition) is 2. The van der Waals surface area contributed by atoms with E-state index >= 15 is 0 Å². The summed E-state index contributed by atoms with van der Waals surface area (Å²) in [6.07, 6.45) is 0.925. The summed E-state index contributed by atoms with van der Waals surface area (Å²) in [5.41, 5.74) is 1.55. The quantitative estimate of drug-likeness (QED) is 0.502. The lowest BCUT2D eigenvalue weighted by Crippen LogP contribution is -2.29. The van der Waals surface area contributed by atoms with Crippen LogP contribution in [0.2, 0.25) is 5.02 Å². The number of hydrogen-bond acceptors (Lipinski definition) is 2. The van der Waals surface area contributed by atoms with Gasteiger partial charge in [-0.05, 0) is 48.2 Å². The normalized spacial score (nSPS) is 10.5. The summed E-state index contributed by atoms with van der Waals surface area (Å²) in [4.78, 5) is 0. The predicted molar refractivity (Wildman–Crippen MR) is 103 cm³/mol. The van der Waals surface area contributed by atoms with Crippen LogP contribution in [0.5, 0.6) is 0 Å². The third-order valence-electron chi connectivity index (χ3n) is 3.14. The summed E-state index contributed by atoms with van der Waals surface area (Å²) >= 11 is 13.0. The number of halogens is 3. The van der Waals surface area contributed by atoms with E-state index in [4.69, 9.17) is 23.8 Å². The molecule has 0 bridgehead atoms. The third kappa shape index (κ3) is 6.26. The molecule has 2 nitrogen and oxygen atoms in total. The van der Waals surface area contributed by atoms with Gasteiger partial charge in [-0.3, -0.25) is 0 Å². The van der Waals surface area contributed by atoms with E-state index in [1.54, 1.807) is 11.8 Å². The standard InChI is InChI=1S/C17H17ClF2N2S2/c18-14-5-2-1-4-12(14)11-24-9-3-8-21-17(23)22-13-6-7-15(19)16(20)10-13/h1-2,4-7,10H,3,8-9,11H2,(H2,21,22,23). The van der Waals surface area contributed by atoms with Gasteiger partial charge in [0.15, 0.2) is 16.7 Å². The van der Waals surface area contributed by atoms with Gasteiger partial charge < -0.3 is 10.6 Å². The van der Waals surface area contributed by atoms with Gasteiger partial charge in [0.1, 0.15) is 0 Å². The summed E-state index contributed by atoms with van der Waals surface area (Å²) in [6.45, 7) is 0.699. The molecule has 2 N–H and O–H groups in total. The van der Waals surface area contributed by atoms with Crippen LogP contribution in [-0.4, -0.2) is 17.4 Å². The highest BCUT2D eigenvalue weighted by molar-refractivity contribution is 7.98. The van der Waals surface area contributed by atoms with Crippen LogP contribution in [0.4, 0.5) is 14.5 Å². The summed E-state index contributed by atoms with van der Waals surface area (Å²) in [5, 5.41) is 7.04. The topological polar surface area (TPSA) is 24.1 Å². The van der Waals surface area contributed by atoms with Gasteiger partial charge in [0.2, 0.25) is 0 Å². The van der Waals surface area contributed by atoms with Crippen LogP contribution in [0.15, 0.2) is 42.5 Å². The fraction of sp³-hybridized carbons (Fsp3) is 0.235. The van der Waals surface area contributed by atoms with Gasteiger partial charge in [-0.1, -0.05) is 29.8 Å². The van der Waals surface area contributed by atoms with E-state index in [9.17, 15) is 8.78 Å². The van der Waals surface area contributed by atoms with Crippen molar-refractivity contribution in [1.29, 1.82) is 0 Å². The fourth-order valence-corrected chi connectivity index (χ4v) is 3.39. The second-order valence-corrected chi connectivity index (χ2v) is 6.93. The molecule has 0 saturated heterocycles. The molecule has 0 radical (unpaired) electrons. The Hall–Kier alpha value is -1.37. The largest absolute Gasteiger partial charge is 0.362 e. The molecule has 0 fully saturated rings. The average Bonchev–Trinajstić information content (AvgIpc) is 2.56. The fourth-order valence-electron chi connectivity index (χ4n) is 1.92. The summed E-state index contributed by atoms with van der Waals surface area (Å²) in [6, 6.07) is 11.4. The molecule has 0 amide bonds. The summed E-state index contributed by atoms with van der Waals surface area (Å²) in [5.74, 6) is 0.0530. The van der Waals surface area contributed by atoms with Crippen molar-refractivity contribution < 1.29 is 8.78 Å². The first-order valence-electron chi connectivity index (χ1n) is 7.37. The van der Waals surface area contributed by atoms with E-state index in [1.807, 2.05) is 24.3 Å². The Morgan fingerprint density at radius 3 is 2.67 bits per heavy atom. The van der Waals surface area contributed by atoms with Crippen molar-refractivity contribution in [3.63, 3.8) is 0 Å². The SMILES string of the molecule is Fc1ccc(NC(=S)NCCCSCc2ccccc2Cl)cc1F. The van der Waals surface area contributed by atoms with Crippen molar-refractivity contribution >= 4 is 46.4 Å². The van der Waals surface area contributed by atoms with Crippen molar-refractivity contribution in [2.75, 3.05) is 17.6 Å². The molecular formula is C17H17ClF2N2S2. The molecule has 0 aliphatic carbocycles. The van der Waals surface area contributed by atoms with Crippen molar-refractivity contribution in [3.05, 3.63) is 64.7 Å². The van der Waals surface area contributed by atoms with Crippen LogP contribution in [0.25, 0.3) is 0 Å². The summed E-state index contributed by atoms with van der Waals surface area (Å²) < 4.78 is 25.9. The Balaban J connectivity index is 1.61. The first-order valence-corrected chi connectivity index (χ1v) is 9.31. The molecule has 2 aromatic rings. The highest BCUT2D eigenvalue weighted by Gasteiger charge is 2.04. The highest BCUT2D eigenvalue weighted by atomic mass is 35.5. The molecule has 0 saturated carbocycles. The smallest absolute Gasteiger partial charge is 0.170 e. The maximum absolute atomic E-state index is 13.1. The minimum absolute atomic E-state index is 0.386. The molecule has 0 unspecified atom stereocenters. The number of nitrogens with one attached hydrogen (secondary N) is 2.